The van der Waals surface area contributed by atoms with E-state index in [1.54, 1.807) is 0 Å². The molecule has 0 radical (unpaired) electrons. The van der Waals surface area contributed by atoms with E-state index in [4.69, 9.17) is 0 Å². The summed E-state index contributed by atoms with van der Waals surface area (Å²) >= 11 is 0. The number of rotatable bonds is 9. The fourth-order valence-corrected chi connectivity index (χ4v) is 4.55. The van der Waals surface area contributed by atoms with Crippen LogP contribution in [-0.4, -0.2) is 46.1 Å². The van der Waals surface area contributed by atoms with Crippen molar-refractivity contribution in [2.45, 2.75) is 31.8 Å². The summed E-state index contributed by atoms with van der Waals surface area (Å²) in [4.78, 5) is 25.9. The number of nitrogens with zero attached hydrogens (tertiary/aromatic N) is 1. The highest BCUT2D eigenvalue weighted by molar-refractivity contribution is 5.88. The van der Waals surface area contributed by atoms with Crippen LogP contribution in [0.5, 0.6) is 0 Å². The third-order valence-corrected chi connectivity index (χ3v) is 6.47. The highest BCUT2D eigenvalue weighted by atomic mass is 16.4. The Kier molecular flexibility index (Phi) is 6.86. The lowest BCUT2D eigenvalue weighted by Crippen LogP contribution is -2.33. The number of hydrogen-bond acceptors (Lipinski definition) is 4. The number of Topliss-reactive ketones (excluding diaryl/α,β-unsaturated/α-hetero) is 1. The summed E-state index contributed by atoms with van der Waals surface area (Å²) in [5.41, 5.74) is 4.37. The summed E-state index contributed by atoms with van der Waals surface area (Å²) in [6.45, 7) is 1.12. The molecule has 2 aliphatic rings. The van der Waals surface area contributed by atoms with Gasteiger partial charge in [0.25, 0.3) is 0 Å². The molecular weight excluding hydrogens is 402 g/mol. The molecule has 32 heavy (non-hydrogen) atoms. The van der Waals surface area contributed by atoms with Crippen LogP contribution < -0.4 is 0 Å². The highest BCUT2D eigenvalue weighted by Crippen LogP contribution is 2.29. The molecule has 1 aliphatic heterocycles. The first-order valence-electron chi connectivity index (χ1n) is 11.2. The van der Waals surface area contributed by atoms with E-state index in [2.05, 4.69) is 24.3 Å². The van der Waals surface area contributed by atoms with Crippen LogP contribution in [0.1, 0.15) is 24.8 Å². The van der Waals surface area contributed by atoms with Gasteiger partial charge in [-0.05, 0) is 41.5 Å². The number of ketones is 1. The topological polar surface area (TPSA) is 77.8 Å². The standard InChI is InChI=1S/C27H29NO4/c29-25-8-4-7-22-17-28(18-24(22)25)16-15-23(27(31)32)26(30)14-11-19-9-12-21(13-10-19)20-5-2-1-3-6-20/h1-7,9-10,12-13,17,23-24,26,30H,8,11,14-16,18H2,(H,31,32). The molecule has 5 nitrogen and oxygen atoms in total. The Morgan fingerprint density at radius 3 is 2.44 bits per heavy atom. The number of aliphatic hydroxyl groups is 1. The van der Waals surface area contributed by atoms with Gasteiger partial charge in [-0.3, -0.25) is 9.59 Å². The lowest BCUT2D eigenvalue weighted by atomic mass is 9.90. The number of carboxylic acids is 1. The Morgan fingerprint density at radius 2 is 1.75 bits per heavy atom. The number of hydrogen-bond donors (Lipinski definition) is 2. The van der Waals surface area contributed by atoms with Crippen molar-refractivity contribution in [3.63, 3.8) is 0 Å². The maximum absolute atomic E-state index is 12.0. The van der Waals surface area contributed by atoms with E-state index < -0.39 is 18.0 Å². The Bertz CT molecular complexity index is 1010. The third-order valence-electron chi connectivity index (χ3n) is 6.47. The Labute approximate surface area is 188 Å². The summed E-state index contributed by atoms with van der Waals surface area (Å²) in [5, 5.41) is 20.3. The van der Waals surface area contributed by atoms with Gasteiger partial charge in [-0.2, -0.15) is 0 Å². The molecule has 3 unspecified atom stereocenters. The first-order chi connectivity index (χ1) is 15.5. The summed E-state index contributed by atoms with van der Waals surface area (Å²) in [7, 11) is 0. The van der Waals surface area contributed by atoms with Gasteiger partial charge < -0.3 is 15.1 Å². The third kappa shape index (κ3) is 5.17. The molecule has 3 atom stereocenters. The number of aliphatic hydroxyl groups excluding tert-OH is 1. The predicted octanol–water partition coefficient (Wildman–Crippen LogP) is 4.08. The SMILES string of the molecule is O=C1CC=CC2=CN(CCC(C(=O)O)C(O)CCc3ccc(-c4ccccc4)cc3)CC12. The molecule has 0 aromatic heterocycles. The van der Waals surface area contributed by atoms with Crippen LogP contribution in [-0.2, 0) is 16.0 Å². The predicted molar refractivity (Wildman–Crippen MR) is 124 cm³/mol. The summed E-state index contributed by atoms with van der Waals surface area (Å²) < 4.78 is 0. The smallest absolute Gasteiger partial charge is 0.309 e. The van der Waals surface area contributed by atoms with E-state index in [-0.39, 0.29) is 11.7 Å². The highest BCUT2D eigenvalue weighted by Gasteiger charge is 2.32. The molecule has 4 rings (SSSR count). The van der Waals surface area contributed by atoms with Crippen LogP contribution in [0.2, 0.25) is 0 Å². The van der Waals surface area contributed by atoms with Crippen LogP contribution in [0.3, 0.4) is 0 Å². The molecule has 5 heteroatoms. The van der Waals surface area contributed by atoms with Crippen LogP contribution in [0, 0.1) is 11.8 Å². The van der Waals surface area contributed by atoms with E-state index in [9.17, 15) is 19.8 Å². The molecule has 0 fully saturated rings. The van der Waals surface area contributed by atoms with Gasteiger partial charge in [0.2, 0.25) is 0 Å². The van der Waals surface area contributed by atoms with E-state index in [0.717, 1.165) is 22.3 Å². The molecule has 166 valence electrons. The summed E-state index contributed by atoms with van der Waals surface area (Å²) in [5.74, 6) is -1.68. The number of fused-ring (bicyclic) bond motifs is 1. The number of carboxylic acid groups (broad SMARTS) is 1. The summed E-state index contributed by atoms with van der Waals surface area (Å²) in [6.07, 6.45) is 6.74. The molecule has 1 aliphatic carbocycles. The lowest BCUT2D eigenvalue weighted by molar-refractivity contribution is -0.146. The molecule has 0 saturated heterocycles. The molecule has 2 aromatic rings. The van der Waals surface area contributed by atoms with E-state index in [1.807, 2.05) is 53.6 Å². The minimum absolute atomic E-state index is 0.0907. The minimum atomic E-state index is -0.975. The maximum atomic E-state index is 12.0. The van der Waals surface area contributed by atoms with Gasteiger partial charge in [0.15, 0.2) is 0 Å². The van der Waals surface area contributed by atoms with Gasteiger partial charge in [-0.15, -0.1) is 0 Å². The monoisotopic (exact) mass is 431 g/mol. The van der Waals surface area contributed by atoms with E-state index in [0.29, 0.717) is 38.8 Å². The number of aryl methyl sites for hydroxylation is 1. The average Bonchev–Trinajstić information content (AvgIpc) is 3.23. The van der Waals surface area contributed by atoms with Crippen molar-refractivity contribution in [3.8, 4) is 11.1 Å². The van der Waals surface area contributed by atoms with Crippen molar-refractivity contribution < 1.29 is 19.8 Å². The van der Waals surface area contributed by atoms with Gasteiger partial charge in [-0.25, -0.2) is 0 Å². The van der Waals surface area contributed by atoms with Crippen molar-refractivity contribution in [3.05, 3.63) is 84.1 Å². The van der Waals surface area contributed by atoms with Crippen molar-refractivity contribution in [1.29, 1.82) is 0 Å². The number of benzene rings is 2. The second-order valence-electron chi connectivity index (χ2n) is 8.65. The first kappa shape index (κ1) is 22.0. The second kappa shape index (κ2) is 9.96. The fraction of sp³-hybridized carbons (Fsp3) is 0.333. The molecular formula is C27H29NO4. The van der Waals surface area contributed by atoms with Crippen LogP contribution in [0.15, 0.2) is 78.5 Å². The van der Waals surface area contributed by atoms with Crippen LogP contribution in [0.25, 0.3) is 11.1 Å². The number of carbonyl (C=O) groups excluding carboxylic acids is 1. The van der Waals surface area contributed by atoms with Crippen LogP contribution >= 0.6 is 0 Å². The van der Waals surface area contributed by atoms with Crippen molar-refractivity contribution >= 4 is 11.8 Å². The van der Waals surface area contributed by atoms with Gasteiger partial charge in [0.1, 0.15) is 5.78 Å². The molecule has 1 heterocycles. The molecule has 0 bridgehead atoms. The van der Waals surface area contributed by atoms with E-state index in [1.165, 1.54) is 0 Å². The van der Waals surface area contributed by atoms with Gasteiger partial charge in [0, 0.05) is 25.7 Å². The largest absolute Gasteiger partial charge is 0.481 e. The Morgan fingerprint density at radius 1 is 1.03 bits per heavy atom. The molecule has 0 amide bonds. The van der Waals surface area contributed by atoms with Crippen LogP contribution in [0.4, 0.5) is 0 Å². The Hall–Kier alpha value is -3.18. The normalized spacial score (nSPS) is 19.4. The Balaban J connectivity index is 1.29. The zero-order valence-corrected chi connectivity index (χ0v) is 18.1. The maximum Gasteiger partial charge on any atom is 0.309 e. The summed E-state index contributed by atoms with van der Waals surface area (Å²) in [6, 6.07) is 18.3. The zero-order chi connectivity index (χ0) is 22.5. The quantitative estimate of drug-likeness (QED) is 0.626. The molecule has 0 spiro atoms. The van der Waals surface area contributed by atoms with E-state index >= 15 is 0 Å². The van der Waals surface area contributed by atoms with Gasteiger partial charge in [-0.1, -0.05) is 66.7 Å². The second-order valence-corrected chi connectivity index (χ2v) is 8.65. The van der Waals surface area contributed by atoms with Gasteiger partial charge >= 0.3 is 5.97 Å². The van der Waals surface area contributed by atoms with Crippen molar-refractivity contribution in [2.75, 3.05) is 13.1 Å². The minimum Gasteiger partial charge on any atom is -0.481 e. The lowest BCUT2D eigenvalue weighted by Gasteiger charge is -2.23. The molecule has 2 N–H and O–H groups in total. The average molecular weight is 432 g/mol. The number of allylic oxidation sites excluding steroid dienone is 2. The zero-order valence-electron chi connectivity index (χ0n) is 18.1. The van der Waals surface area contributed by atoms with Gasteiger partial charge in [0.05, 0.1) is 17.9 Å². The fourth-order valence-electron chi connectivity index (χ4n) is 4.55. The molecule has 2 aromatic carbocycles. The van der Waals surface area contributed by atoms with Crippen molar-refractivity contribution in [1.82, 2.24) is 4.90 Å². The van der Waals surface area contributed by atoms with Crippen molar-refractivity contribution in [2.24, 2.45) is 11.8 Å². The first-order valence-corrected chi connectivity index (χ1v) is 11.2. The number of aliphatic carboxylic acids is 1. The number of carbonyl (C=O) groups is 2. The molecule has 0 saturated carbocycles.